The van der Waals surface area contributed by atoms with Gasteiger partial charge in [0.1, 0.15) is 0 Å². The highest BCUT2D eigenvalue weighted by molar-refractivity contribution is 9.13. The van der Waals surface area contributed by atoms with Crippen molar-refractivity contribution in [1.29, 1.82) is 0 Å². The van der Waals surface area contributed by atoms with E-state index in [1.807, 2.05) is 6.20 Å². The lowest BCUT2D eigenvalue weighted by atomic mass is 10.1. The number of nitrogens with one attached hydrogen (secondary N) is 1. The summed E-state index contributed by atoms with van der Waals surface area (Å²) in [6, 6.07) is 4.47. The molecule has 6 heteroatoms. The molecule has 0 aliphatic heterocycles. The van der Waals surface area contributed by atoms with E-state index < -0.39 is 0 Å². The maximum absolute atomic E-state index is 4.42. The first-order valence-electron chi connectivity index (χ1n) is 6.37. The lowest BCUT2D eigenvalue weighted by Gasteiger charge is -2.18. The zero-order chi connectivity index (χ0) is 13.8. The van der Waals surface area contributed by atoms with Crippen LogP contribution in [-0.2, 0) is 6.54 Å². The van der Waals surface area contributed by atoms with E-state index in [0.29, 0.717) is 0 Å². The molecule has 2 aromatic heterocycles. The van der Waals surface area contributed by atoms with Gasteiger partial charge in [0.25, 0.3) is 0 Å². The molecule has 0 amide bonds. The van der Waals surface area contributed by atoms with E-state index in [1.165, 1.54) is 10.6 Å². The predicted octanol–water partition coefficient (Wildman–Crippen LogP) is 4.58. The molecule has 19 heavy (non-hydrogen) atoms. The molecule has 2 rings (SSSR count). The Morgan fingerprint density at radius 1 is 1.42 bits per heavy atom. The smallest absolute Gasteiger partial charge is 0.0843 e. The maximum atomic E-state index is 4.42. The van der Waals surface area contributed by atoms with Crippen molar-refractivity contribution in [3.63, 3.8) is 0 Å². The minimum atomic E-state index is 0.201. The van der Waals surface area contributed by atoms with Gasteiger partial charge < -0.3 is 5.32 Å². The monoisotopic (exact) mass is 405 g/mol. The minimum Gasteiger partial charge on any atom is -0.305 e. The van der Waals surface area contributed by atoms with Crippen LogP contribution < -0.4 is 5.32 Å². The van der Waals surface area contributed by atoms with Crippen LogP contribution in [0, 0.1) is 0 Å². The molecule has 2 aromatic rings. The molecular formula is C13H17Br2N3S. The van der Waals surface area contributed by atoms with E-state index in [9.17, 15) is 0 Å². The van der Waals surface area contributed by atoms with Crippen LogP contribution in [0.5, 0.6) is 0 Å². The number of aromatic nitrogens is 2. The van der Waals surface area contributed by atoms with E-state index in [-0.39, 0.29) is 6.04 Å². The Balaban J connectivity index is 2.36. The van der Waals surface area contributed by atoms with E-state index in [4.69, 9.17) is 0 Å². The van der Waals surface area contributed by atoms with E-state index in [0.717, 1.165) is 27.8 Å². The van der Waals surface area contributed by atoms with Gasteiger partial charge in [-0.1, -0.05) is 13.8 Å². The van der Waals surface area contributed by atoms with Crippen LogP contribution >= 0.6 is 43.2 Å². The van der Waals surface area contributed by atoms with Gasteiger partial charge in [0.15, 0.2) is 0 Å². The zero-order valence-electron chi connectivity index (χ0n) is 11.0. The number of thiophene rings is 1. The summed E-state index contributed by atoms with van der Waals surface area (Å²) < 4.78 is 4.33. The van der Waals surface area contributed by atoms with Crippen LogP contribution in [0.25, 0.3) is 0 Å². The number of hydrogen-bond acceptors (Lipinski definition) is 3. The summed E-state index contributed by atoms with van der Waals surface area (Å²) in [6.07, 6.45) is 2.97. The van der Waals surface area contributed by atoms with Gasteiger partial charge in [-0.25, -0.2) is 0 Å². The van der Waals surface area contributed by atoms with Crippen LogP contribution in [0.15, 0.2) is 26.6 Å². The number of hydrogen-bond donors (Lipinski definition) is 1. The third-order valence-corrected chi connectivity index (χ3v) is 6.16. The Morgan fingerprint density at radius 3 is 2.79 bits per heavy atom. The van der Waals surface area contributed by atoms with Crippen LogP contribution in [0.1, 0.15) is 36.9 Å². The highest BCUT2D eigenvalue weighted by Gasteiger charge is 2.20. The van der Waals surface area contributed by atoms with Crippen molar-refractivity contribution in [3.05, 3.63) is 37.2 Å². The second-order valence-electron chi connectivity index (χ2n) is 4.24. The molecule has 2 heterocycles. The first-order valence-corrected chi connectivity index (χ1v) is 8.77. The van der Waals surface area contributed by atoms with Crippen molar-refractivity contribution in [2.24, 2.45) is 0 Å². The van der Waals surface area contributed by atoms with Gasteiger partial charge in [-0.2, -0.15) is 5.10 Å². The molecule has 0 fully saturated rings. The largest absolute Gasteiger partial charge is 0.305 e. The third-order valence-electron chi connectivity index (χ3n) is 2.84. The molecule has 0 radical (unpaired) electrons. The normalized spacial score (nSPS) is 12.8. The summed E-state index contributed by atoms with van der Waals surface area (Å²) in [7, 11) is 0. The standard InChI is InChI=1S/C13H17Br2N3S/c1-3-7-18-10(5-6-17-18)12(16-4-2)11-8-9(14)13(15)19-11/h5-6,8,12,16H,3-4,7H2,1-2H3. The summed E-state index contributed by atoms with van der Waals surface area (Å²) in [5.41, 5.74) is 1.23. The highest BCUT2D eigenvalue weighted by Crippen LogP contribution is 2.37. The molecule has 0 saturated carbocycles. The van der Waals surface area contributed by atoms with Gasteiger partial charge in [0, 0.05) is 22.1 Å². The second kappa shape index (κ2) is 7.02. The molecule has 0 aromatic carbocycles. The molecule has 1 N–H and O–H groups in total. The lowest BCUT2D eigenvalue weighted by Crippen LogP contribution is -2.24. The molecule has 3 nitrogen and oxygen atoms in total. The summed E-state index contributed by atoms with van der Waals surface area (Å²) in [5.74, 6) is 0. The Hall–Kier alpha value is -0.170. The predicted molar refractivity (Wildman–Crippen MR) is 87.8 cm³/mol. The van der Waals surface area contributed by atoms with Gasteiger partial charge in [-0.3, -0.25) is 4.68 Å². The topological polar surface area (TPSA) is 29.9 Å². The zero-order valence-corrected chi connectivity index (χ0v) is 15.0. The number of aryl methyl sites for hydroxylation is 1. The van der Waals surface area contributed by atoms with Crippen LogP contribution in [0.2, 0.25) is 0 Å². The van der Waals surface area contributed by atoms with Crippen molar-refractivity contribution >= 4 is 43.2 Å². The lowest BCUT2D eigenvalue weighted by molar-refractivity contribution is 0.524. The van der Waals surface area contributed by atoms with Crippen molar-refractivity contribution in [2.45, 2.75) is 32.9 Å². The Kier molecular flexibility index (Phi) is 5.62. The fraction of sp³-hybridized carbons (Fsp3) is 0.462. The quantitative estimate of drug-likeness (QED) is 0.760. The number of nitrogens with zero attached hydrogens (tertiary/aromatic N) is 2. The summed E-state index contributed by atoms with van der Waals surface area (Å²) >= 11 is 8.88. The molecule has 0 bridgehead atoms. The second-order valence-corrected chi connectivity index (χ2v) is 7.50. The van der Waals surface area contributed by atoms with Gasteiger partial charge in [-0.15, -0.1) is 11.3 Å². The van der Waals surface area contributed by atoms with Crippen molar-refractivity contribution in [3.8, 4) is 0 Å². The molecule has 104 valence electrons. The average Bonchev–Trinajstić information content (AvgIpc) is 2.95. The highest BCUT2D eigenvalue weighted by atomic mass is 79.9. The Bertz CT molecular complexity index is 516. The Morgan fingerprint density at radius 2 is 2.21 bits per heavy atom. The van der Waals surface area contributed by atoms with Gasteiger partial charge in [-0.05, 0) is 57.0 Å². The summed E-state index contributed by atoms with van der Waals surface area (Å²) in [5, 5.41) is 7.97. The molecule has 1 atom stereocenters. The van der Waals surface area contributed by atoms with Crippen LogP contribution in [0.4, 0.5) is 0 Å². The first-order chi connectivity index (χ1) is 9.17. The third kappa shape index (κ3) is 3.48. The minimum absolute atomic E-state index is 0.201. The molecule has 0 spiro atoms. The van der Waals surface area contributed by atoms with Crippen molar-refractivity contribution in [1.82, 2.24) is 15.1 Å². The van der Waals surface area contributed by atoms with Crippen LogP contribution in [-0.4, -0.2) is 16.3 Å². The van der Waals surface area contributed by atoms with E-state index in [1.54, 1.807) is 11.3 Å². The van der Waals surface area contributed by atoms with Crippen molar-refractivity contribution in [2.75, 3.05) is 6.54 Å². The summed E-state index contributed by atoms with van der Waals surface area (Å²) in [6.45, 7) is 6.18. The average molecular weight is 407 g/mol. The SMILES string of the molecule is CCCn1nccc1C(NCC)c1cc(Br)c(Br)s1. The number of rotatable bonds is 6. The number of halogens is 2. The van der Waals surface area contributed by atoms with Gasteiger partial charge >= 0.3 is 0 Å². The molecule has 1 unspecified atom stereocenters. The van der Waals surface area contributed by atoms with Gasteiger partial charge in [0.05, 0.1) is 15.5 Å². The molecule has 0 aliphatic carbocycles. The maximum Gasteiger partial charge on any atom is 0.0843 e. The van der Waals surface area contributed by atoms with Gasteiger partial charge in [0.2, 0.25) is 0 Å². The van der Waals surface area contributed by atoms with E-state index >= 15 is 0 Å². The first kappa shape index (κ1) is 15.2. The van der Waals surface area contributed by atoms with E-state index in [2.05, 4.69) is 72.9 Å². The summed E-state index contributed by atoms with van der Waals surface area (Å²) in [4.78, 5) is 1.29. The molecule has 0 saturated heterocycles. The fourth-order valence-electron chi connectivity index (χ4n) is 2.05. The molecule has 0 aliphatic rings. The fourth-order valence-corrected chi connectivity index (χ4v) is 4.23. The Labute approximate surface area is 134 Å². The molecular weight excluding hydrogens is 390 g/mol. The van der Waals surface area contributed by atoms with Crippen LogP contribution in [0.3, 0.4) is 0 Å². The van der Waals surface area contributed by atoms with Crippen molar-refractivity contribution < 1.29 is 0 Å².